The lowest BCUT2D eigenvalue weighted by Crippen LogP contribution is -2.30. The van der Waals surface area contributed by atoms with E-state index in [9.17, 15) is 14.4 Å². The minimum Gasteiger partial charge on any atom is -0.462 e. The number of esters is 3. The number of ether oxygens (including phenoxy) is 3. The predicted octanol–water partition coefficient (Wildman–Crippen LogP) is 18.9. The molecule has 0 radical (unpaired) electrons. The van der Waals surface area contributed by atoms with Crippen LogP contribution in [0, 0.1) is 0 Å². The van der Waals surface area contributed by atoms with Crippen LogP contribution in [-0.2, 0) is 28.6 Å². The van der Waals surface area contributed by atoms with Crippen LogP contribution in [0.15, 0.2) is 36.5 Å². The van der Waals surface area contributed by atoms with Crippen LogP contribution in [0.5, 0.6) is 0 Å². The van der Waals surface area contributed by atoms with E-state index in [0.717, 1.165) is 96.3 Å². The van der Waals surface area contributed by atoms with E-state index in [-0.39, 0.29) is 31.1 Å². The van der Waals surface area contributed by atoms with E-state index in [1.165, 1.54) is 167 Å². The van der Waals surface area contributed by atoms with E-state index in [1.807, 2.05) is 0 Å². The number of hydrogen-bond donors (Lipinski definition) is 0. The first-order valence-corrected chi connectivity index (χ1v) is 28.5. The number of rotatable bonds is 52. The Hall–Kier alpha value is -2.37. The largest absolute Gasteiger partial charge is 0.462 e. The van der Waals surface area contributed by atoms with Gasteiger partial charge in [-0.05, 0) is 51.4 Å². The van der Waals surface area contributed by atoms with Crippen molar-refractivity contribution in [3.05, 3.63) is 36.5 Å². The summed E-state index contributed by atoms with van der Waals surface area (Å²) in [5.41, 5.74) is 0. The van der Waals surface area contributed by atoms with Crippen molar-refractivity contribution in [1.82, 2.24) is 0 Å². The highest BCUT2D eigenvalue weighted by Crippen LogP contribution is 2.17. The van der Waals surface area contributed by atoms with Crippen molar-refractivity contribution in [2.75, 3.05) is 13.2 Å². The fourth-order valence-electron chi connectivity index (χ4n) is 8.40. The summed E-state index contributed by atoms with van der Waals surface area (Å²) in [7, 11) is 0. The van der Waals surface area contributed by atoms with E-state index in [2.05, 4.69) is 57.2 Å². The summed E-state index contributed by atoms with van der Waals surface area (Å²) in [6.45, 7) is 6.49. The molecule has 0 spiro atoms. The number of carbonyl (C=O) groups excluding carboxylic acids is 3. The third-order valence-corrected chi connectivity index (χ3v) is 12.7. The van der Waals surface area contributed by atoms with Gasteiger partial charge >= 0.3 is 17.9 Å². The molecular weight excluding hydrogens is 805 g/mol. The van der Waals surface area contributed by atoms with Gasteiger partial charge in [-0.1, -0.05) is 269 Å². The van der Waals surface area contributed by atoms with Gasteiger partial charge in [-0.15, -0.1) is 0 Å². The summed E-state index contributed by atoms with van der Waals surface area (Å²) in [4.78, 5) is 37.8. The maximum Gasteiger partial charge on any atom is 0.306 e. The Morgan fingerprint density at radius 3 is 0.938 bits per heavy atom. The van der Waals surface area contributed by atoms with Crippen LogP contribution in [-0.4, -0.2) is 37.2 Å². The second-order valence-corrected chi connectivity index (χ2v) is 19.2. The standard InChI is InChI=1S/C59H108O6/c1-4-7-10-13-16-18-20-22-24-25-26-27-28-29-30-31-32-33-34-36-37-39-41-43-46-49-52-58(61)64-55-56(54-63-57(60)51-48-45-15-12-9-6-3)65-59(62)53-50-47-44-42-40-38-35-23-21-19-17-14-11-8-5-2/h8,11,17,19,23,35,56H,4-7,9-10,12-16,18,20-22,24-34,36-55H2,1-3H3/b11-8-,19-17-,35-23-. The number of carbonyl (C=O) groups is 3. The molecule has 6 heteroatoms. The van der Waals surface area contributed by atoms with Crippen LogP contribution < -0.4 is 0 Å². The zero-order valence-electron chi connectivity index (χ0n) is 43.5. The molecule has 0 amide bonds. The third kappa shape index (κ3) is 52.5. The minimum absolute atomic E-state index is 0.0758. The molecule has 0 saturated carbocycles. The van der Waals surface area contributed by atoms with Crippen LogP contribution in [0.4, 0.5) is 0 Å². The maximum absolute atomic E-state index is 12.8. The van der Waals surface area contributed by atoms with Crippen LogP contribution in [0.2, 0.25) is 0 Å². The molecule has 65 heavy (non-hydrogen) atoms. The van der Waals surface area contributed by atoms with Gasteiger partial charge in [0.2, 0.25) is 0 Å². The molecule has 0 aliphatic carbocycles. The van der Waals surface area contributed by atoms with Crippen LogP contribution >= 0.6 is 0 Å². The quantitative estimate of drug-likeness (QED) is 0.0262. The van der Waals surface area contributed by atoms with Crippen molar-refractivity contribution in [2.45, 2.75) is 309 Å². The van der Waals surface area contributed by atoms with Crippen molar-refractivity contribution in [1.29, 1.82) is 0 Å². The molecule has 0 bridgehead atoms. The molecule has 0 aromatic rings. The highest BCUT2D eigenvalue weighted by Gasteiger charge is 2.19. The number of allylic oxidation sites excluding steroid dienone is 6. The fourth-order valence-corrected chi connectivity index (χ4v) is 8.40. The van der Waals surface area contributed by atoms with Crippen LogP contribution in [0.25, 0.3) is 0 Å². The van der Waals surface area contributed by atoms with Gasteiger partial charge < -0.3 is 14.2 Å². The minimum atomic E-state index is -0.775. The molecule has 0 aromatic heterocycles. The Bertz CT molecular complexity index is 1090. The maximum atomic E-state index is 12.8. The van der Waals surface area contributed by atoms with Gasteiger partial charge in [0.1, 0.15) is 13.2 Å². The summed E-state index contributed by atoms with van der Waals surface area (Å²) < 4.78 is 16.7. The fraction of sp³-hybridized carbons (Fsp3) is 0.847. The Balaban J connectivity index is 4.04. The lowest BCUT2D eigenvalue weighted by atomic mass is 10.0. The van der Waals surface area contributed by atoms with Crippen LogP contribution in [0.1, 0.15) is 303 Å². The second-order valence-electron chi connectivity index (χ2n) is 19.2. The summed E-state index contributed by atoms with van der Waals surface area (Å²) in [6, 6.07) is 0. The zero-order valence-corrected chi connectivity index (χ0v) is 43.5. The van der Waals surface area contributed by atoms with E-state index >= 15 is 0 Å². The molecule has 6 nitrogen and oxygen atoms in total. The number of unbranched alkanes of at least 4 members (excludes halogenated alkanes) is 35. The van der Waals surface area contributed by atoms with Gasteiger partial charge in [-0.3, -0.25) is 14.4 Å². The van der Waals surface area contributed by atoms with Gasteiger partial charge in [0.15, 0.2) is 6.10 Å². The van der Waals surface area contributed by atoms with Crippen molar-refractivity contribution in [3.63, 3.8) is 0 Å². The third-order valence-electron chi connectivity index (χ3n) is 12.7. The van der Waals surface area contributed by atoms with Crippen molar-refractivity contribution >= 4 is 17.9 Å². The Labute approximate surface area is 404 Å². The average Bonchev–Trinajstić information content (AvgIpc) is 3.30. The first kappa shape index (κ1) is 62.6. The average molecular weight is 914 g/mol. The second kappa shape index (κ2) is 54.2. The number of hydrogen-bond acceptors (Lipinski definition) is 6. The lowest BCUT2D eigenvalue weighted by molar-refractivity contribution is -0.167. The highest BCUT2D eigenvalue weighted by atomic mass is 16.6. The molecule has 0 saturated heterocycles. The molecule has 0 aromatic carbocycles. The smallest absolute Gasteiger partial charge is 0.306 e. The molecular formula is C59H108O6. The van der Waals surface area contributed by atoms with Gasteiger partial charge in [-0.25, -0.2) is 0 Å². The van der Waals surface area contributed by atoms with Crippen LogP contribution in [0.3, 0.4) is 0 Å². The van der Waals surface area contributed by atoms with Gasteiger partial charge in [-0.2, -0.15) is 0 Å². The molecule has 1 atom stereocenters. The molecule has 0 N–H and O–H groups in total. The summed E-state index contributed by atoms with van der Waals surface area (Å²) in [5.74, 6) is -0.890. The summed E-state index contributed by atoms with van der Waals surface area (Å²) in [6.07, 6.45) is 64.7. The highest BCUT2D eigenvalue weighted by molar-refractivity contribution is 5.71. The summed E-state index contributed by atoms with van der Waals surface area (Å²) >= 11 is 0. The topological polar surface area (TPSA) is 78.9 Å². The molecule has 0 fully saturated rings. The Kier molecular flexibility index (Phi) is 52.3. The molecule has 0 rings (SSSR count). The molecule has 0 aliphatic heterocycles. The van der Waals surface area contributed by atoms with Gasteiger partial charge in [0, 0.05) is 19.3 Å². The van der Waals surface area contributed by atoms with E-state index in [0.29, 0.717) is 19.3 Å². The zero-order chi connectivity index (χ0) is 47.2. The van der Waals surface area contributed by atoms with Gasteiger partial charge in [0.25, 0.3) is 0 Å². The van der Waals surface area contributed by atoms with Crippen molar-refractivity contribution < 1.29 is 28.6 Å². The lowest BCUT2D eigenvalue weighted by Gasteiger charge is -2.18. The Morgan fingerprint density at radius 1 is 0.323 bits per heavy atom. The predicted molar refractivity (Wildman–Crippen MR) is 279 cm³/mol. The molecule has 380 valence electrons. The van der Waals surface area contributed by atoms with E-state index < -0.39 is 6.10 Å². The molecule has 0 aliphatic rings. The van der Waals surface area contributed by atoms with Crippen molar-refractivity contribution in [3.8, 4) is 0 Å². The first-order valence-electron chi connectivity index (χ1n) is 28.5. The van der Waals surface area contributed by atoms with Crippen molar-refractivity contribution in [2.24, 2.45) is 0 Å². The van der Waals surface area contributed by atoms with E-state index in [4.69, 9.17) is 14.2 Å². The van der Waals surface area contributed by atoms with Gasteiger partial charge in [0.05, 0.1) is 0 Å². The molecule has 0 heterocycles. The monoisotopic (exact) mass is 913 g/mol. The first-order chi connectivity index (χ1) is 32.0. The van der Waals surface area contributed by atoms with E-state index in [1.54, 1.807) is 0 Å². The SMILES string of the molecule is CC/C=C\C/C=C\C/C=C\CCCCCCCC(=O)OC(COC(=O)CCCCCCCC)COC(=O)CCCCCCCCCCCCCCCCCCCCCCCCCCCC. The summed E-state index contributed by atoms with van der Waals surface area (Å²) in [5, 5.41) is 0. The Morgan fingerprint density at radius 2 is 0.600 bits per heavy atom. The molecule has 1 unspecified atom stereocenters. The normalized spacial score (nSPS) is 12.2.